The monoisotopic (exact) mass is 341 g/mol. The maximum absolute atomic E-state index is 12.5. The summed E-state index contributed by atoms with van der Waals surface area (Å²) in [7, 11) is 0. The molecule has 0 N–H and O–H groups in total. The van der Waals surface area contributed by atoms with Crippen molar-refractivity contribution in [3.05, 3.63) is 64.5 Å². The molecule has 0 saturated carbocycles. The fourth-order valence-corrected chi connectivity index (χ4v) is 2.89. The van der Waals surface area contributed by atoms with E-state index in [0.717, 1.165) is 24.2 Å². The summed E-state index contributed by atoms with van der Waals surface area (Å²) in [5, 5.41) is 10.7. The van der Waals surface area contributed by atoms with Crippen molar-refractivity contribution in [3.8, 4) is 5.75 Å². The van der Waals surface area contributed by atoms with E-state index in [2.05, 4.69) is 4.98 Å². The predicted molar refractivity (Wildman–Crippen MR) is 91.3 cm³/mol. The number of carbonyl (C=O) groups excluding carboxylic acids is 1. The molecule has 1 aliphatic heterocycles. The Bertz CT molecular complexity index is 734. The number of nitro groups is 1. The smallest absolute Gasteiger partial charge is 0.269 e. The van der Waals surface area contributed by atoms with E-state index < -0.39 is 4.92 Å². The number of nitro benzene ring substituents is 1. The van der Waals surface area contributed by atoms with Crippen molar-refractivity contribution in [1.82, 2.24) is 9.88 Å². The third kappa shape index (κ3) is 4.53. The van der Waals surface area contributed by atoms with Gasteiger partial charge in [-0.05, 0) is 30.5 Å². The van der Waals surface area contributed by atoms with E-state index in [0.29, 0.717) is 13.1 Å². The summed E-state index contributed by atoms with van der Waals surface area (Å²) in [4.78, 5) is 28.5. The number of hydrogen-bond acceptors (Lipinski definition) is 5. The quantitative estimate of drug-likeness (QED) is 0.616. The van der Waals surface area contributed by atoms with Crippen LogP contribution in [0.25, 0.3) is 0 Å². The molecular weight excluding hydrogens is 322 g/mol. The molecule has 1 fully saturated rings. The molecule has 25 heavy (non-hydrogen) atoms. The van der Waals surface area contributed by atoms with Crippen molar-refractivity contribution in [2.45, 2.75) is 25.4 Å². The standard InChI is InChI=1S/C18H19N3O4/c22-18(12-14-3-5-15(6-4-14)21(23)24)20-11-1-2-17(13-20)25-16-7-9-19-10-8-16/h3-10,17H,1-2,11-13H2. The average Bonchev–Trinajstić information content (AvgIpc) is 2.63. The zero-order chi connectivity index (χ0) is 17.6. The van der Waals surface area contributed by atoms with Gasteiger partial charge in [0.15, 0.2) is 0 Å². The van der Waals surface area contributed by atoms with E-state index in [1.54, 1.807) is 41.6 Å². The van der Waals surface area contributed by atoms with Gasteiger partial charge in [-0.3, -0.25) is 19.9 Å². The van der Waals surface area contributed by atoms with E-state index in [9.17, 15) is 14.9 Å². The average molecular weight is 341 g/mol. The van der Waals surface area contributed by atoms with Gasteiger partial charge in [-0.2, -0.15) is 0 Å². The fraction of sp³-hybridized carbons (Fsp3) is 0.333. The molecule has 2 heterocycles. The normalized spacial score (nSPS) is 17.1. The number of piperidine rings is 1. The maximum Gasteiger partial charge on any atom is 0.269 e. The molecule has 1 saturated heterocycles. The highest BCUT2D eigenvalue weighted by molar-refractivity contribution is 5.79. The number of hydrogen-bond donors (Lipinski definition) is 0. The van der Waals surface area contributed by atoms with E-state index in [1.165, 1.54) is 12.1 Å². The number of ether oxygens (including phenoxy) is 1. The molecular formula is C18H19N3O4. The van der Waals surface area contributed by atoms with E-state index >= 15 is 0 Å². The molecule has 1 atom stereocenters. The number of likely N-dealkylation sites (tertiary alicyclic amines) is 1. The fourth-order valence-electron chi connectivity index (χ4n) is 2.89. The van der Waals surface area contributed by atoms with Gasteiger partial charge >= 0.3 is 0 Å². The molecule has 7 heteroatoms. The van der Waals surface area contributed by atoms with Crippen molar-refractivity contribution in [3.63, 3.8) is 0 Å². The molecule has 1 unspecified atom stereocenters. The first-order valence-corrected chi connectivity index (χ1v) is 8.19. The van der Waals surface area contributed by atoms with Gasteiger partial charge in [-0.1, -0.05) is 12.1 Å². The van der Waals surface area contributed by atoms with Gasteiger partial charge in [0.1, 0.15) is 11.9 Å². The summed E-state index contributed by atoms with van der Waals surface area (Å²) in [5.74, 6) is 0.765. The highest BCUT2D eigenvalue weighted by Gasteiger charge is 2.25. The Hall–Kier alpha value is -2.96. The van der Waals surface area contributed by atoms with Gasteiger partial charge in [0.05, 0.1) is 17.9 Å². The summed E-state index contributed by atoms with van der Waals surface area (Å²) >= 11 is 0. The predicted octanol–water partition coefficient (Wildman–Crippen LogP) is 2.60. The molecule has 3 rings (SSSR count). The van der Waals surface area contributed by atoms with Crippen LogP contribution in [0.1, 0.15) is 18.4 Å². The van der Waals surface area contributed by atoms with E-state index in [1.807, 2.05) is 0 Å². The Balaban J connectivity index is 1.57. The molecule has 0 bridgehead atoms. The molecule has 1 aromatic heterocycles. The lowest BCUT2D eigenvalue weighted by molar-refractivity contribution is -0.384. The Morgan fingerprint density at radius 3 is 2.64 bits per heavy atom. The molecule has 2 aromatic rings. The Morgan fingerprint density at radius 1 is 1.24 bits per heavy atom. The molecule has 0 radical (unpaired) electrons. The van der Waals surface area contributed by atoms with Crippen LogP contribution in [0.15, 0.2) is 48.8 Å². The van der Waals surface area contributed by atoms with Gasteiger partial charge in [-0.25, -0.2) is 0 Å². The van der Waals surface area contributed by atoms with Crippen molar-refractivity contribution >= 4 is 11.6 Å². The Labute approximate surface area is 145 Å². The Kier molecular flexibility index (Phi) is 5.23. The second kappa shape index (κ2) is 7.74. The Morgan fingerprint density at radius 2 is 1.96 bits per heavy atom. The SMILES string of the molecule is O=C(Cc1ccc([N+](=O)[O-])cc1)N1CCCC(Oc2ccncc2)C1. The summed E-state index contributed by atoms with van der Waals surface area (Å²) in [6, 6.07) is 9.72. The molecule has 0 aliphatic carbocycles. The molecule has 130 valence electrons. The number of nitrogens with zero attached hydrogens (tertiary/aromatic N) is 3. The van der Waals surface area contributed by atoms with E-state index in [-0.39, 0.29) is 24.1 Å². The lowest BCUT2D eigenvalue weighted by atomic mass is 10.1. The number of benzene rings is 1. The second-order valence-corrected chi connectivity index (χ2v) is 6.01. The molecule has 1 aliphatic rings. The number of rotatable bonds is 5. The summed E-state index contributed by atoms with van der Waals surface area (Å²) in [6.07, 6.45) is 5.36. The van der Waals surface area contributed by atoms with Crippen molar-refractivity contribution in [2.24, 2.45) is 0 Å². The minimum atomic E-state index is -0.447. The van der Waals surface area contributed by atoms with Gasteiger partial charge in [0.25, 0.3) is 5.69 Å². The number of pyridine rings is 1. The third-order valence-corrected chi connectivity index (χ3v) is 4.19. The van der Waals surface area contributed by atoms with Gasteiger partial charge in [0, 0.05) is 31.1 Å². The van der Waals surface area contributed by atoms with Crippen LogP contribution in [0.4, 0.5) is 5.69 Å². The highest BCUT2D eigenvalue weighted by atomic mass is 16.6. The van der Waals surface area contributed by atoms with Crippen molar-refractivity contribution < 1.29 is 14.5 Å². The minimum Gasteiger partial charge on any atom is -0.488 e. The lowest BCUT2D eigenvalue weighted by Gasteiger charge is -2.33. The number of aromatic nitrogens is 1. The first-order valence-electron chi connectivity index (χ1n) is 8.19. The van der Waals surface area contributed by atoms with Crippen LogP contribution in [0.3, 0.4) is 0 Å². The molecule has 1 aromatic carbocycles. The van der Waals surface area contributed by atoms with Crippen LogP contribution < -0.4 is 4.74 Å². The molecule has 0 spiro atoms. The summed E-state index contributed by atoms with van der Waals surface area (Å²) in [6.45, 7) is 1.26. The number of carbonyl (C=O) groups is 1. The first-order chi connectivity index (χ1) is 12.1. The van der Waals surface area contributed by atoms with Crippen molar-refractivity contribution in [2.75, 3.05) is 13.1 Å². The van der Waals surface area contributed by atoms with E-state index in [4.69, 9.17) is 4.74 Å². The third-order valence-electron chi connectivity index (χ3n) is 4.19. The van der Waals surface area contributed by atoms with Crippen molar-refractivity contribution in [1.29, 1.82) is 0 Å². The largest absolute Gasteiger partial charge is 0.488 e. The van der Waals surface area contributed by atoms with Gasteiger partial charge in [0.2, 0.25) is 5.91 Å². The lowest BCUT2D eigenvalue weighted by Crippen LogP contribution is -2.45. The summed E-state index contributed by atoms with van der Waals surface area (Å²) in [5.41, 5.74) is 0.799. The molecule has 7 nitrogen and oxygen atoms in total. The van der Waals surface area contributed by atoms with Crippen LogP contribution in [0, 0.1) is 10.1 Å². The zero-order valence-electron chi connectivity index (χ0n) is 13.7. The summed E-state index contributed by atoms with van der Waals surface area (Å²) < 4.78 is 5.92. The second-order valence-electron chi connectivity index (χ2n) is 6.01. The number of non-ortho nitro benzene ring substituents is 1. The van der Waals surface area contributed by atoms with Crippen LogP contribution in [-0.2, 0) is 11.2 Å². The van der Waals surface area contributed by atoms with Crippen LogP contribution in [0.2, 0.25) is 0 Å². The minimum absolute atomic E-state index is 0.0110. The van der Waals surface area contributed by atoms with Crippen LogP contribution in [0.5, 0.6) is 5.75 Å². The van der Waals surface area contributed by atoms with Crippen LogP contribution in [-0.4, -0.2) is 39.9 Å². The van der Waals surface area contributed by atoms with Gasteiger partial charge < -0.3 is 9.64 Å². The van der Waals surface area contributed by atoms with Gasteiger partial charge in [-0.15, -0.1) is 0 Å². The van der Waals surface area contributed by atoms with Crippen LogP contribution >= 0.6 is 0 Å². The number of amides is 1. The maximum atomic E-state index is 12.5. The zero-order valence-corrected chi connectivity index (χ0v) is 13.7. The molecule has 1 amide bonds. The first kappa shape index (κ1) is 16.9. The topological polar surface area (TPSA) is 85.6 Å². The highest BCUT2D eigenvalue weighted by Crippen LogP contribution is 2.19.